The monoisotopic (exact) mass is 284 g/mol. The highest BCUT2D eigenvalue weighted by Gasteiger charge is 2.13. The molecule has 0 radical (unpaired) electrons. The summed E-state index contributed by atoms with van der Waals surface area (Å²) in [6.07, 6.45) is 0. The van der Waals surface area contributed by atoms with E-state index in [9.17, 15) is 13.6 Å². The summed E-state index contributed by atoms with van der Waals surface area (Å²) in [6, 6.07) is 13.6. The van der Waals surface area contributed by atoms with Gasteiger partial charge in [-0.15, -0.1) is 0 Å². The van der Waals surface area contributed by atoms with E-state index in [1.165, 1.54) is 18.2 Å². The van der Waals surface area contributed by atoms with E-state index in [0.29, 0.717) is 21.9 Å². The van der Waals surface area contributed by atoms with Crippen molar-refractivity contribution in [2.45, 2.75) is 0 Å². The lowest BCUT2D eigenvalue weighted by Gasteiger charge is -2.09. The van der Waals surface area contributed by atoms with Crippen LogP contribution in [0.4, 0.5) is 8.78 Å². The number of rotatable bonds is 2. The summed E-state index contributed by atoms with van der Waals surface area (Å²) in [5.74, 6) is -2.48. The Kier molecular flexibility index (Phi) is 3.14. The standard InChI is InChI=1S/C17H10F2O2/c18-15-8-6-11(12-3-1-2-4-13(12)15)10-5-7-16(19)14(9-10)17(20)21/h1-9H,(H,20,21). The Morgan fingerprint density at radius 3 is 2.24 bits per heavy atom. The van der Waals surface area contributed by atoms with Gasteiger partial charge < -0.3 is 5.11 Å². The molecule has 0 amide bonds. The van der Waals surface area contributed by atoms with Gasteiger partial charge in [0.1, 0.15) is 11.6 Å². The van der Waals surface area contributed by atoms with Crippen molar-refractivity contribution in [1.82, 2.24) is 0 Å². The van der Waals surface area contributed by atoms with Crippen molar-refractivity contribution in [1.29, 1.82) is 0 Å². The number of carboxylic acid groups (broad SMARTS) is 1. The number of benzene rings is 3. The van der Waals surface area contributed by atoms with Gasteiger partial charge in [0.05, 0.1) is 5.56 Å². The topological polar surface area (TPSA) is 37.3 Å². The number of fused-ring (bicyclic) bond motifs is 1. The van der Waals surface area contributed by atoms with Crippen LogP contribution in [0.15, 0.2) is 54.6 Å². The van der Waals surface area contributed by atoms with E-state index in [1.54, 1.807) is 30.3 Å². The van der Waals surface area contributed by atoms with Gasteiger partial charge in [-0.25, -0.2) is 13.6 Å². The second-order valence-electron chi connectivity index (χ2n) is 4.64. The van der Waals surface area contributed by atoms with Gasteiger partial charge in [0, 0.05) is 5.39 Å². The molecule has 0 aromatic heterocycles. The molecule has 2 nitrogen and oxygen atoms in total. The maximum atomic E-state index is 13.8. The fourth-order valence-corrected chi connectivity index (χ4v) is 2.37. The molecule has 0 spiro atoms. The lowest BCUT2D eigenvalue weighted by atomic mass is 9.96. The molecule has 104 valence electrons. The first-order valence-electron chi connectivity index (χ1n) is 6.28. The van der Waals surface area contributed by atoms with E-state index in [-0.39, 0.29) is 5.82 Å². The highest BCUT2D eigenvalue weighted by atomic mass is 19.1. The molecule has 1 N–H and O–H groups in total. The van der Waals surface area contributed by atoms with Crippen molar-refractivity contribution < 1.29 is 18.7 Å². The number of carboxylic acids is 1. The van der Waals surface area contributed by atoms with Gasteiger partial charge >= 0.3 is 5.97 Å². The van der Waals surface area contributed by atoms with Crippen LogP contribution in [0, 0.1) is 11.6 Å². The summed E-state index contributed by atoms with van der Waals surface area (Å²) in [4.78, 5) is 11.0. The molecule has 0 heterocycles. The Morgan fingerprint density at radius 1 is 0.857 bits per heavy atom. The number of carbonyl (C=O) groups is 1. The van der Waals surface area contributed by atoms with Gasteiger partial charge in [-0.1, -0.05) is 36.4 Å². The van der Waals surface area contributed by atoms with Crippen LogP contribution < -0.4 is 0 Å². The SMILES string of the molecule is O=C(O)c1cc(-c2ccc(F)c3ccccc23)ccc1F. The van der Waals surface area contributed by atoms with Gasteiger partial charge in [-0.05, 0) is 34.7 Å². The Morgan fingerprint density at radius 2 is 1.52 bits per heavy atom. The highest BCUT2D eigenvalue weighted by molar-refractivity contribution is 5.98. The van der Waals surface area contributed by atoms with E-state index in [1.807, 2.05) is 0 Å². The Labute approximate surface area is 119 Å². The quantitative estimate of drug-likeness (QED) is 0.753. The average molecular weight is 284 g/mol. The third-order valence-electron chi connectivity index (χ3n) is 3.38. The van der Waals surface area contributed by atoms with Crippen molar-refractivity contribution in [3.8, 4) is 11.1 Å². The van der Waals surface area contributed by atoms with E-state index in [4.69, 9.17) is 5.11 Å². The molecule has 3 aromatic rings. The molecule has 0 bridgehead atoms. The van der Waals surface area contributed by atoms with Crippen LogP contribution in [-0.4, -0.2) is 11.1 Å². The minimum atomic E-state index is -1.33. The summed E-state index contributed by atoms with van der Waals surface area (Å²) in [5.41, 5.74) is 0.792. The zero-order valence-corrected chi connectivity index (χ0v) is 10.8. The van der Waals surface area contributed by atoms with E-state index < -0.39 is 17.3 Å². The third kappa shape index (κ3) is 2.25. The molecular formula is C17H10F2O2. The minimum Gasteiger partial charge on any atom is -0.478 e. The molecule has 0 saturated heterocycles. The van der Waals surface area contributed by atoms with Crippen LogP contribution in [0.5, 0.6) is 0 Å². The van der Waals surface area contributed by atoms with Crippen molar-refractivity contribution in [3.05, 3.63) is 71.8 Å². The van der Waals surface area contributed by atoms with Gasteiger partial charge in [0.25, 0.3) is 0 Å². The fourth-order valence-electron chi connectivity index (χ4n) is 2.37. The predicted molar refractivity (Wildman–Crippen MR) is 76.3 cm³/mol. The van der Waals surface area contributed by atoms with Gasteiger partial charge in [0.2, 0.25) is 0 Å². The van der Waals surface area contributed by atoms with E-state index in [0.717, 1.165) is 6.07 Å². The first-order chi connectivity index (χ1) is 10.1. The minimum absolute atomic E-state index is 0.352. The summed E-state index contributed by atoms with van der Waals surface area (Å²) >= 11 is 0. The molecule has 21 heavy (non-hydrogen) atoms. The molecule has 3 rings (SSSR count). The summed E-state index contributed by atoms with van der Waals surface area (Å²) in [6.45, 7) is 0. The van der Waals surface area contributed by atoms with Gasteiger partial charge in [0.15, 0.2) is 0 Å². The van der Waals surface area contributed by atoms with Crippen LogP contribution in [0.25, 0.3) is 21.9 Å². The van der Waals surface area contributed by atoms with Gasteiger partial charge in [-0.3, -0.25) is 0 Å². The Balaban J connectivity index is 2.29. The zero-order chi connectivity index (χ0) is 15.0. The summed E-state index contributed by atoms with van der Waals surface area (Å²) < 4.78 is 27.3. The second kappa shape index (κ2) is 4.98. The molecule has 3 aromatic carbocycles. The third-order valence-corrected chi connectivity index (χ3v) is 3.38. The second-order valence-corrected chi connectivity index (χ2v) is 4.64. The van der Waals surface area contributed by atoms with Crippen molar-refractivity contribution in [2.75, 3.05) is 0 Å². The molecule has 0 fully saturated rings. The molecule has 0 unspecified atom stereocenters. The lowest BCUT2D eigenvalue weighted by molar-refractivity contribution is 0.0692. The number of halogens is 2. The maximum Gasteiger partial charge on any atom is 0.338 e. The average Bonchev–Trinajstić information content (AvgIpc) is 2.48. The van der Waals surface area contributed by atoms with E-state index in [2.05, 4.69) is 0 Å². The van der Waals surface area contributed by atoms with Crippen molar-refractivity contribution in [2.24, 2.45) is 0 Å². The molecule has 0 aliphatic rings. The first-order valence-corrected chi connectivity index (χ1v) is 6.28. The summed E-state index contributed by atoms with van der Waals surface area (Å²) in [5, 5.41) is 10.1. The lowest BCUT2D eigenvalue weighted by Crippen LogP contribution is -2.00. The normalized spacial score (nSPS) is 10.8. The Hall–Kier alpha value is -2.75. The smallest absolute Gasteiger partial charge is 0.338 e. The first kappa shape index (κ1) is 13.2. The van der Waals surface area contributed by atoms with Crippen LogP contribution in [0.3, 0.4) is 0 Å². The van der Waals surface area contributed by atoms with Crippen LogP contribution >= 0.6 is 0 Å². The van der Waals surface area contributed by atoms with Crippen LogP contribution in [0.1, 0.15) is 10.4 Å². The molecule has 0 atom stereocenters. The Bertz CT molecular complexity index is 857. The zero-order valence-electron chi connectivity index (χ0n) is 10.8. The van der Waals surface area contributed by atoms with E-state index >= 15 is 0 Å². The highest BCUT2D eigenvalue weighted by Crippen LogP contribution is 2.31. The van der Waals surface area contributed by atoms with Crippen LogP contribution in [-0.2, 0) is 0 Å². The number of aromatic carboxylic acids is 1. The van der Waals surface area contributed by atoms with Crippen LogP contribution in [0.2, 0.25) is 0 Å². The molecular weight excluding hydrogens is 274 g/mol. The fraction of sp³-hybridized carbons (Fsp3) is 0. The number of hydrogen-bond acceptors (Lipinski definition) is 1. The molecule has 0 saturated carbocycles. The molecule has 0 aliphatic heterocycles. The summed E-state index contributed by atoms with van der Waals surface area (Å²) in [7, 11) is 0. The van der Waals surface area contributed by atoms with Crippen molar-refractivity contribution in [3.63, 3.8) is 0 Å². The molecule has 0 aliphatic carbocycles. The van der Waals surface area contributed by atoms with Crippen molar-refractivity contribution >= 4 is 16.7 Å². The maximum absolute atomic E-state index is 13.8. The predicted octanol–water partition coefficient (Wildman–Crippen LogP) is 4.48. The largest absolute Gasteiger partial charge is 0.478 e. The molecule has 4 heteroatoms. The number of hydrogen-bond donors (Lipinski definition) is 1. The van der Waals surface area contributed by atoms with Gasteiger partial charge in [-0.2, -0.15) is 0 Å².